The number of aryl methyl sites for hydroxylation is 1. The van der Waals surface area contributed by atoms with Gasteiger partial charge in [0.2, 0.25) is 6.08 Å². The van der Waals surface area contributed by atoms with E-state index in [1.165, 1.54) is 0 Å². The van der Waals surface area contributed by atoms with Crippen LogP contribution in [0.1, 0.15) is 37.1 Å². The lowest BCUT2D eigenvalue weighted by Crippen LogP contribution is -2.45. The Morgan fingerprint density at radius 1 is 1.46 bits per heavy atom. The molecule has 0 spiro atoms. The number of hydrogen-bond donors (Lipinski definition) is 1. The highest BCUT2D eigenvalue weighted by Crippen LogP contribution is 2.28. The van der Waals surface area contributed by atoms with Crippen molar-refractivity contribution in [2.24, 2.45) is 23.9 Å². The van der Waals surface area contributed by atoms with E-state index in [9.17, 15) is 9.59 Å². The Morgan fingerprint density at radius 3 is 3.12 bits per heavy atom. The molecule has 7 nitrogen and oxygen atoms in total. The van der Waals surface area contributed by atoms with E-state index in [1.807, 2.05) is 22.8 Å². The lowest BCUT2D eigenvalue weighted by molar-refractivity contribution is 0.184. The molecule has 2 aliphatic rings. The second kappa shape index (κ2) is 7.62. The van der Waals surface area contributed by atoms with Crippen LogP contribution in [0.2, 0.25) is 0 Å². The van der Waals surface area contributed by atoms with Crippen LogP contribution < -0.4 is 5.32 Å². The van der Waals surface area contributed by atoms with Gasteiger partial charge in [0.1, 0.15) is 0 Å². The molecular formula is C17H25N5O2. The molecule has 7 heteroatoms. The average molecular weight is 331 g/mol. The highest BCUT2D eigenvalue weighted by atomic mass is 16.2. The monoisotopic (exact) mass is 331 g/mol. The van der Waals surface area contributed by atoms with Crippen molar-refractivity contribution >= 4 is 12.1 Å². The van der Waals surface area contributed by atoms with Crippen molar-refractivity contribution in [1.82, 2.24) is 19.8 Å². The van der Waals surface area contributed by atoms with Crippen molar-refractivity contribution in [1.29, 1.82) is 0 Å². The normalized spacial score (nSPS) is 23.3. The Morgan fingerprint density at radius 2 is 2.29 bits per heavy atom. The molecule has 1 aromatic rings. The lowest BCUT2D eigenvalue weighted by atomic mass is 9.81. The predicted octanol–water partition coefficient (Wildman–Crippen LogP) is 1.63. The van der Waals surface area contributed by atoms with Gasteiger partial charge < -0.3 is 14.8 Å². The van der Waals surface area contributed by atoms with E-state index in [4.69, 9.17) is 0 Å². The summed E-state index contributed by atoms with van der Waals surface area (Å²) in [5.41, 5.74) is 2.23. The van der Waals surface area contributed by atoms with Crippen molar-refractivity contribution in [3.63, 3.8) is 0 Å². The molecule has 2 heterocycles. The first kappa shape index (κ1) is 16.7. The third-order valence-electron chi connectivity index (χ3n) is 5.24. The smallest absolute Gasteiger partial charge is 0.317 e. The molecule has 2 amide bonds. The van der Waals surface area contributed by atoms with E-state index < -0.39 is 0 Å². The first-order chi connectivity index (χ1) is 11.7. The van der Waals surface area contributed by atoms with Gasteiger partial charge in [0.25, 0.3) is 0 Å². The minimum Gasteiger partial charge on any atom is -0.338 e. The van der Waals surface area contributed by atoms with E-state index in [1.54, 1.807) is 6.08 Å². The Hall–Kier alpha value is -2.14. The quantitative estimate of drug-likeness (QED) is 0.673. The third-order valence-corrected chi connectivity index (χ3v) is 5.24. The van der Waals surface area contributed by atoms with Crippen molar-refractivity contribution in [3.05, 3.63) is 17.7 Å². The summed E-state index contributed by atoms with van der Waals surface area (Å²) in [5, 5.41) is 3.09. The van der Waals surface area contributed by atoms with Crippen LogP contribution in [0.3, 0.4) is 0 Å². The second-order valence-electron chi connectivity index (χ2n) is 6.94. The Kier molecular flexibility index (Phi) is 5.30. The van der Waals surface area contributed by atoms with Crippen molar-refractivity contribution in [3.8, 4) is 0 Å². The number of carbonyl (C=O) groups excluding carboxylic acids is 2. The van der Waals surface area contributed by atoms with Gasteiger partial charge in [-0.1, -0.05) is 6.42 Å². The standard InChI is InChI=1S/C17H25N5O2/c1-21-11-20-15-5-6-22(10-16(15)21)17(24)19-9-14-4-2-3-13(7-14)8-18-12-23/h11,13-14H,2-10H2,1H3,(H,19,24). The number of nitrogens with one attached hydrogen (secondary N) is 1. The second-order valence-corrected chi connectivity index (χ2v) is 6.94. The van der Waals surface area contributed by atoms with Crippen LogP contribution in [0.4, 0.5) is 4.79 Å². The summed E-state index contributed by atoms with van der Waals surface area (Å²) in [4.78, 5) is 32.6. The zero-order chi connectivity index (χ0) is 16.9. The third kappa shape index (κ3) is 3.85. The summed E-state index contributed by atoms with van der Waals surface area (Å²) in [6.07, 6.45) is 8.67. The average Bonchev–Trinajstić information content (AvgIpc) is 2.99. The fourth-order valence-electron chi connectivity index (χ4n) is 3.85. The van der Waals surface area contributed by atoms with Crippen LogP contribution in [0.25, 0.3) is 0 Å². The summed E-state index contributed by atoms with van der Waals surface area (Å²) in [5.74, 6) is 0.931. The molecule has 1 N–H and O–H groups in total. The Labute approximate surface area is 142 Å². The summed E-state index contributed by atoms with van der Waals surface area (Å²) in [7, 11) is 1.97. The van der Waals surface area contributed by atoms with Crippen LogP contribution in [-0.2, 0) is 24.8 Å². The van der Waals surface area contributed by atoms with Gasteiger partial charge in [0.05, 0.1) is 30.8 Å². The van der Waals surface area contributed by atoms with Crippen LogP contribution in [-0.4, -0.2) is 46.2 Å². The molecule has 1 aliphatic carbocycles. The highest BCUT2D eigenvalue weighted by molar-refractivity contribution is 5.74. The number of amides is 2. The highest BCUT2D eigenvalue weighted by Gasteiger charge is 2.26. The maximum absolute atomic E-state index is 12.5. The largest absolute Gasteiger partial charge is 0.338 e. The van der Waals surface area contributed by atoms with Gasteiger partial charge in [-0.05, 0) is 31.1 Å². The van der Waals surface area contributed by atoms with E-state index in [2.05, 4.69) is 15.3 Å². The molecule has 1 aromatic heterocycles. The van der Waals surface area contributed by atoms with Crippen molar-refractivity contribution in [2.75, 3.05) is 19.6 Å². The zero-order valence-electron chi connectivity index (χ0n) is 14.2. The van der Waals surface area contributed by atoms with Gasteiger partial charge in [0.15, 0.2) is 0 Å². The van der Waals surface area contributed by atoms with Gasteiger partial charge in [-0.15, -0.1) is 0 Å². The molecule has 1 aliphatic heterocycles. The Bertz CT molecular complexity index is 635. The molecular weight excluding hydrogens is 306 g/mol. The molecule has 130 valence electrons. The van der Waals surface area contributed by atoms with Gasteiger partial charge in [0, 0.05) is 26.6 Å². The molecule has 0 bridgehead atoms. The maximum Gasteiger partial charge on any atom is 0.317 e. The summed E-state index contributed by atoms with van der Waals surface area (Å²) < 4.78 is 1.99. The number of fused-ring (bicyclic) bond motifs is 1. The lowest BCUT2D eigenvalue weighted by Gasteiger charge is -2.30. The maximum atomic E-state index is 12.5. The molecule has 0 saturated heterocycles. The van der Waals surface area contributed by atoms with Crippen molar-refractivity contribution < 1.29 is 9.59 Å². The Balaban J connectivity index is 1.47. The van der Waals surface area contributed by atoms with Crippen molar-refractivity contribution in [2.45, 2.75) is 38.6 Å². The minimum absolute atomic E-state index is 0.00915. The first-order valence-corrected chi connectivity index (χ1v) is 8.73. The molecule has 24 heavy (non-hydrogen) atoms. The number of nitrogens with zero attached hydrogens (tertiary/aromatic N) is 4. The van der Waals surface area contributed by atoms with E-state index in [-0.39, 0.29) is 6.03 Å². The number of aliphatic imine (C=N–C) groups is 1. The molecule has 1 fully saturated rings. The minimum atomic E-state index is 0.00915. The van der Waals surface area contributed by atoms with Gasteiger partial charge >= 0.3 is 6.03 Å². The number of isocyanates is 1. The SMILES string of the molecule is Cn1cnc2c1CN(C(=O)NCC1CCCC(CN=C=O)C1)CC2. The molecule has 2 unspecified atom stereocenters. The number of imidazole rings is 1. The number of urea groups is 1. The predicted molar refractivity (Wildman–Crippen MR) is 89.2 cm³/mol. The molecule has 2 atom stereocenters. The first-order valence-electron chi connectivity index (χ1n) is 8.73. The summed E-state index contributed by atoms with van der Waals surface area (Å²) in [6, 6.07) is 0.00915. The fraction of sp³-hybridized carbons (Fsp3) is 0.706. The molecule has 1 saturated carbocycles. The fourth-order valence-corrected chi connectivity index (χ4v) is 3.85. The van der Waals surface area contributed by atoms with Gasteiger partial charge in [-0.3, -0.25) is 0 Å². The van der Waals surface area contributed by atoms with Gasteiger partial charge in [-0.2, -0.15) is 0 Å². The van der Waals surface area contributed by atoms with Crippen LogP contribution >= 0.6 is 0 Å². The van der Waals surface area contributed by atoms with Crippen LogP contribution in [0.5, 0.6) is 0 Å². The number of aromatic nitrogens is 2. The van der Waals surface area contributed by atoms with Crippen LogP contribution in [0, 0.1) is 11.8 Å². The summed E-state index contributed by atoms with van der Waals surface area (Å²) >= 11 is 0. The van der Waals surface area contributed by atoms with E-state index in [0.717, 1.165) is 50.0 Å². The van der Waals surface area contributed by atoms with E-state index >= 15 is 0 Å². The summed E-state index contributed by atoms with van der Waals surface area (Å²) in [6.45, 7) is 2.62. The molecule has 0 radical (unpaired) electrons. The van der Waals surface area contributed by atoms with Crippen LogP contribution in [0.15, 0.2) is 11.3 Å². The van der Waals surface area contributed by atoms with E-state index in [0.29, 0.717) is 31.5 Å². The number of rotatable bonds is 4. The topological polar surface area (TPSA) is 79.6 Å². The zero-order valence-corrected chi connectivity index (χ0v) is 14.2. The van der Waals surface area contributed by atoms with Gasteiger partial charge in [-0.25, -0.2) is 19.6 Å². The number of hydrogen-bond acceptors (Lipinski definition) is 4. The number of carbonyl (C=O) groups is 1. The molecule has 0 aromatic carbocycles. The molecule has 3 rings (SSSR count).